The van der Waals surface area contributed by atoms with Crippen molar-refractivity contribution in [1.29, 1.82) is 0 Å². The quantitative estimate of drug-likeness (QED) is 0.299. The summed E-state index contributed by atoms with van der Waals surface area (Å²) in [6, 6.07) is 11.7. The minimum Gasteiger partial charge on any atom is -0.396 e. The maximum Gasteiger partial charge on any atom is 0.416 e. The van der Waals surface area contributed by atoms with Gasteiger partial charge in [0.1, 0.15) is 24.5 Å². The van der Waals surface area contributed by atoms with E-state index in [1.165, 1.54) is 12.1 Å². The number of aryl methyl sites for hydroxylation is 1. The topological polar surface area (TPSA) is 9.23 Å². The summed E-state index contributed by atoms with van der Waals surface area (Å²) in [6.07, 6.45) is -8.14. The molecule has 0 N–H and O–H groups in total. The van der Waals surface area contributed by atoms with Crippen LogP contribution in [0.1, 0.15) is 43.0 Å². The normalized spacial score (nSPS) is 15.4. The van der Waals surface area contributed by atoms with Crippen molar-refractivity contribution in [2.45, 2.75) is 39.5 Å². The van der Waals surface area contributed by atoms with Crippen molar-refractivity contribution in [3.63, 3.8) is 0 Å². The van der Waals surface area contributed by atoms with Crippen molar-refractivity contribution in [2.75, 3.05) is 18.9 Å². The van der Waals surface area contributed by atoms with Crippen LogP contribution >= 0.6 is 0 Å². The Hall–Kier alpha value is -2.06. The number of alkyl halides is 6. The standard InChI is InChI=1S/C23H26F6OSi/c1-16-5-9-20(10-6-16)22(4,30-31(13-24,14-25)15-26)18(3)17(2)19-7-11-21(12-8-19)23(27,28)29/h5-12H,13-15H2,1-4H3. The molecule has 1 unspecified atom stereocenters. The van der Waals surface area contributed by atoms with Gasteiger partial charge < -0.3 is 4.43 Å². The highest BCUT2D eigenvalue weighted by Gasteiger charge is 2.45. The molecule has 0 heterocycles. The third-order valence-corrected chi connectivity index (χ3v) is 7.98. The van der Waals surface area contributed by atoms with E-state index in [4.69, 9.17) is 4.43 Å². The predicted octanol–water partition coefficient (Wildman–Crippen LogP) is 7.21. The van der Waals surface area contributed by atoms with Crippen LogP contribution in [0.4, 0.5) is 26.3 Å². The fourth-order valence-electron chi connectivity index (χ4n) is 3.33. The maximum atomic E-state index is 13.7. The van der Waals surface area contributed by atoms with Crippen molar-refractivity contribution < 1.29 is 30.8 Å². The van der Waals surface area contributed by atoms with E-state index in [-0.39, 0.29) is 0 Å². The van der Waals surface area contributed by atoms with E-state index < -0.39 is 44.6 Å². The number of benzene rings is 2. The Labute approximate surface area is 179 Å². The summed E-state index contributed by atoms with van der Waals surface area (Å²) in [5, 5.41) is 0. The lowest BCUT2D eigenvalue weighted by Gasteiger charge is -2.40. The van der Waals surface area contributed by atoms with Gasteiger partial charge in [-0.15, -0.1) is 0 Å². The number of hydrogen-bond acceptors (Lipinski definition) is 1. The highest BCUT2D eigenvalue weighted by molar-refractivity contribution is 6.73. The van der Waals surface area contributed by atoms with Crippen LogP contribution in [0.25, 0.3) is 5.57 Å². The van der Waals surface area contributed by atoms with Crippen LogP contribution in [-0.4, -0.2) is 27.2 Å². The first-order valence-corrected chi connectivity index (χ1v) is 12.3. The average molecular weight is 461 g/mol. The van der Waals surface area contributed by atoms with Gasteiger partial charge in [0, 0.05) is 0 Å². The number of rotatable bonds is 8. The lowest BCUT2D eigenvalue weighted by molar-refractivity contribution is -0.137. The first-order valence-electron chi connectivity index (χ1n) is 9.73. The predicted molar refractivity (Wildman–Crippen MR) is 113 cm³/mol. The van der Waals surface area contributed by atoms with Crippen LogP contribution in [-0.2, 0) is 16.2 Å². The molecule has 0 aliphatic heterocycles. The smallest absolute Gasteiger partial charge is 0.396 e. The zero-order valence-corrected chi connectivity index (χ0v) is 18.9. The molecule has 0 spiro atoms. The first kappa shape index (κ1) is 25.2. The summed E-state index contributed by atoms with van der Waals surface area (Å²) in [5.74, 6) is 0. The van der Waals surface area contributed by atoms with Crippen molar-refractivity contribution in [3.05, 3.63) is 76.4 Å². The van der Waals surface area contributed by atoms with Crippen molar-refractivity contribution in [3.8, 4) is 0 Å². The zero-order chi connectivity index (χ0) is 23.4. The molecule has 0 aliphatic carbocycles. The molecule has 0 radical (unpaired) electrons. The van der Waals surface area contributed by atoms with Gasteiger partial charge in [0.25, 0.3) is 8.32 Å². The SMILES string of the molecule is CC(=C(C)C(C)(O[Si](CF)(CF)CF)c1ccc(C)cc1)c1ccc(C(F)(F)F)cc1. The van der Waals surface area contributed by atoms with Gasteiger partial charge in [-0.25, -0.2) is 0 Å². The highest BCUT2D eigenvalue weighted by Crippen LogP contribution is 2.40. The van der Waals surface area contributed by atoms with E-state index in [0.717, 1.165) is 17.7 Å². The second-order valence-electron chi connectivity index (χ2n) is 7.91. The van der Waals surface area contributed by atoms with Gasteiger partial charge in [0.05, 0.1) is 5.56 Å². The van der Waals surface area contributed by atoms with Crippen molar-refractivity contribution >= 4 is 13.9 Å². The summed E-state index contributed by atoms with van der Waals surface area (Å²) < 4.78 is 85.7. The van der Waals surface area contributed by atoms with Crippen LogP contribution in [0.15, 0.2) is 54.1 Å². The Morgan fingerprint density at radius 1 is 0.806 bits per heavy atom. The summed E-state index contributed by atoms with van der Waals surface area (Å²) >= 11 is 0. The average Bonchev–Trinajstić information content (AvgIpc) is 2.76. The van der Waals surface area contributed by atoms with Gasteiger partial charge >= 0.3 is 6.18 Å². The minimum atomic E-state index is -4.46. The van der Waals surface area contributed by atoms with Crippen LogP contribution in [0, 0.1) is 6.92 Å². The Bertz CT molecular complexity index is 893. The zero-order valence-electron chi connectivity index (χ0n) is 17.9. The third kappa shape index (κ3) is 5.41. The molecule has 1 nitrogen and oxygen atoms in total. The number of hydrogen-bond donors (Lipinski definition) is 0. The van der Waals surface area contributed by atoms with Crippen molar-refractivity contribution in [1.82, 2.24) is 0 Å². The third-order valence-electron chi connectivity index (χ3n) is 5.68. The number of allylic oxidation sites excluding steroid dienone is 1. The Kier molecular flexibility index (Phi) is 7.81. The molecule has 0 saturated heterocycles. The van der Waals surface area contributed by atoms with Gasteiger partial charge in [-0.1, -0.05) is 42.0 Å². The lowest BCUT2D eigenvalue weighted by Crippen LogP contribution is -2.53. The molecule has 1 atom stereocenters. The Morgan fingerprint density at radius 2 is 1.26 bits per heavy atom. The van der Waals surface area contributed by atoms with Crippen LogP contribution in [0.5, 0.6) is 0 Å². The molecule has 2 rings (SSSR count). The fourth-order valence-corrected chi connectivity index (χ4v) is 4.84. The Morgan fingerprint density at radius 3 is 1.68 bits per heavy atom. The first-order chi connectivity index (χ1) is 14.4. The molecule has 2 aromatic carbocycles. The van der Waals surface area contributed by atoms with Gasteiger partial charge in [-0.2, -0.15) is 13.2 Å². The van der Waals surface area contributed by atoms with E-state index in [0.29, 0.717) is 22.3 Å². The molecule has 170 valence electrons. The molecule has 8 heteroatoms. The van der Waals surface area contributed by atoms with Gasteiger partial charge in [0.2, 0.25) is 0 Å². The highest BCUT2D eigenvalue weighted by atomic mass is 28.4. The van der Waals surface area contributed by atoms with Crippen LogP contribution in [0.2, 0.25) is 0 Å². The van der Waals surface area contributed by atoms with Gasteiger partial charge in [-0.05, 0) is 62.1 Å². The van der Waals surface area contributed by atoms with Crippen LogP contribution in [0.3, 0.4) is 0 Å². The van der Waals surface area contributed by atoms with E-state index in [2.05, 4.69) is 0 Å². The van der Waals surface area contributed by atoms with Crippen molar-refractivity contribution in [2.24, 2.45) is 0 Å². The molecule has 0 aromatic heterocycles. The molecule has 0 amide bonds. The molecule has 0 saturated carbocycles. The lowest BCUT2D eigenvalue weighted by atomic mass is 9.84. The largest absolute Gasteiger partial charge is 0.416 e. The molecular formula is C23H26F6OSi. The van der Waals surface area contributed by atoms with Gasteiger partial charge in [-0.3, -0.25) is 13.2 Å². The monoisotopic (exact) mass is 460 g/mol. The Balaban J connectivity index is 2.62. The van der Waals surface area contributed by atoms with E-state index in [1.54, 1.807) is 45.0 Å². The summed E-state index contributed by atoms with van der Waals surface area (Å²) in [5.41, 5.74) is 1.00. The maximum absolute atomic E-state index is 13.7. The summed E-state index contributed by atoms with van der Waals surface area (Å²) in [7, 11) is -3.98. The molecule has 0 aliphatic rings. The second kappa shape index (κ2) is 9.61. The van der Waals surface area contributed by atoms with E-state index >= 15 is 0 Å². The molecule has 31 heavy (non-hydrogen) atoms. The van der Waals surface area contributed by atoms with E-state index in [9.17, 15) is 26.3 Å². The van der Waals surface area contributed by atoms with Crippen LogP contribution < -0.4 is 0 Å². The summed E-state index contributed by atoms with van der Waals surface area (Å²) in [4.78, 5) is 0. The molecule has 0 bridgehead atoms. The van der Waals surface area contributed by atoms with E-state index in [1.807, 2.05) is 6.92 Å². The second-order valence-corrected chi connectivity index (χ2v) is 11.3. The number of halogens is 6. The van der Waals surface area contributed by atoms with Gasteiger partial charge in [0.15, 0.2) is 0 Å². The molecular weight excluding hydrogens is 434 g/mol. The summed E-state index contributed by atoms with van der Waals surface area (Å²) in [6.45, 7) is 6.86. The molecule has 0 fully saturated rings. The molecule has 2 aromatic rings. The fraction of sp³-hybridized carbons (Fsp3) is 0.391. The minimum absolute atomic E-state index is 0.500.